The van der Waals surface area contributed by atoms with E-state index < -0.39 is 0 Å². The molecule has 4 nitrogen and oxygen atoms in total. The number of nitrogens with zero attached hydrogens (tertiary/aromatic N) is 1. The summed E-state index contributed by atoms with van der Waals surface area (Å²) in [7, 11) is 0. The van der Waals surface area contributed by atoms with Crippen LogP contribution in [-0.2, 0) is 11.3 Å². The van der Waals surface area contributed by atoms with Gasteiger partial charge in [-0.2, -0.15) is 0 Å². The fraction of sp³-hybridized carbons (Fsp3) is 0.588. The van der Waals surface area contributed by atoms with Crippen molar-refractivity contribution < 1.29 is 4.79 Å². The van der Waals surface area contributed by atoms with E-state index in [1.807, 2.05) is 32.0 Å². The molecule has 0 heterocycles. The fourth-order valence-corrected chi connectivity index (χ4v) is 2.08. The van der Waals surface area contributed by atoms with Gasteiger partial charge in [0.15, 0.2) is 0 Å². The monoisotopic (exact) mass is 291 g/mol. The molecule has 0 radical (unpaired) electrons. The second-order valence-corrected chi connectivity index (χ2v) is 6.12. The normalized spacial score (nSPS) is 11.7. The molecule has 0 saturated carbocycles. The van der Waals surface area contributed by atoms with E-state index in [-0.39, 0.29) is 11.4 Å². The van der Waals surface area contributed by atoms with Gasteiger partial charge >= 0.3 is 0 Å². The first-order valence-electron chi connectivity index (χ1n) is 7.74. The summed E-state index contributed by atoms with van der Waals surface area (Å²) < 4.78 is 0. The zero-order valence-electron chi connectivity index (χ0n) is 13.6. The quantitative estimate of drug-likeness (QED) is 0.733. The van der Waals surface area contributed by atoms with Crippen molar-refractivity contribution >= 4 is 5.91 Å². The Bertz CT molecular complexity index is 417. The molecule has 4 heteroatoms. The van der Waals surface area contributed by atoms with Gasteiger partial charge in [0.05, 0.1) is 6.54 Å². The van der Waals surface area contributed by atoms with Crippen molar-refractivity contribution in [2.75, 3.05) is 19.6 Å². The van der Waals surface area contributed by atoms with Crippen LogP contribution < -0.4 is 11.1 Å². The molecule has 0 bridgehead atoms. The van der Waals surface area contributed by atoms with Gasteiger partial charge in [-0.1, -0.05) is 37.3 Å². The van der Waals surface area contributed by atoms with Gasteiger partial charge in [0.25, 0.3) is 0 Å². The molecule has 3 N–H and O–H groups in total. The summed E-state index contributed by atoms with van der Waals surface area (Å²) in [6.07, 6.45) is 1.82. The second-order valence-electron chi connectivity index (χ2n) is 6.12. The summed E-state index contributed by atoms with van der Waals surface area (Å²) in [5.41, 5.74) is 6.67. The number of carbonyl (C=O) groups is 1. The standard InChI is InChI=1S/C17H29N3O/c1-4-17(2,3)19-16(21)14-20(12-8-11-18)13-15-9-6-5-7-10-15/h5-7,9-10H,4,8,11-14,18H2,1-3H3,(H,19,21). The molecular formula is C17H29N3O. The molecule has 118 valence electrons. The highest BCUT2D eigenvalue weighted by Crippen LogP contribution is 2.08. The summed E-state index contributed by atoms with van der Waals surface area (Å²) in [5, 5.41) is 3.09. The van der Waals surface area contributed by atoms with E-state index in [1.165, 1.54) is 5.56 Å². The zero-order chi connectivity index (χ0) is 15.7. The molecule has 1 amide bonds. The lowest BCUT2D eigenvalue weighted by Crippen LogP contribution is -2.47. The molecule has 0 saturated heterocycles. The highest BCUT2D eigenvalue weighted by atomic mass is 16.2. The van der Waals surface area contributed by atoms with Crippen molar-refractivity contribution in [2.45, 2.75) is 45.7 Å². The van der Waals surface area contributed by atoms with E-state index in [2.05, 4.69) is 29.3 Å². The third-order valence-corrected chi connectivity index (χ3v) is 3.66. The molecule has 21 heavy (non-hydrogen) atoms. The molecule has 0 aliphatic rings. The Morgan fingerprint density at radius 3 is 2.52 bits per heavy atom. The first kappa shape index (κ1) is 17.7. The van der Waals surface area contributed by atoms with Crippen LogP contribution in [0.3, 0.4) is 0 Å². The number of hydrogen-bond donors (Lipinski definition) is 2. The molecular weight excluding hydrogens is 262 g/mol. The average molecular weight is 291 g/mol. The molecule has 0 spiro atoms. The van der Waals surface area contributed by atoms with E-state index in [0.29, 0.717) is 13.1 Å². The molecule has 0 aliphatic heterocycles. The SMILES string of the molecule is CCC(C)(C)NC(=O)CN(CCCN)Cc1ccccc1. The van der Waals surface area contributed by atoms with Gasteiger partial charge < -0.3 is 11.1 Å². The van der Waals surface area contributed by atoms with Gasteiger partial charge in [-0.3, -0.25) is 9.69 Å². The van der Waals surface area contributed by atoms with Gasteiger partial charge in [0.2, 0.25) is 5.91 Å². The third kappa shape index (κ3) is 7.25. The van der Waals surface area contributed by atoms with Crippen molar-refractivity contribution in [3.63, 3.8) is 0 Å². The molecule has 0 unspecified atom stereocenters. The van der Waals surface area contributed by atoms with E-state index in [4.69, 9.17) is 5.73 Å². The van der Waals surface area contributed by atoms with Crippen LogP contribution in [0.1, 0.15) is 39.2 Å². The Balaban J connectivity index is 2.59. The second kappa shape index (κ2) is 8.80. The summed E-state index contributed by atoms with van der Waals surface area (Å²) in [4.78, 5) is 14.4. The molecule has 1 aromatic carbocycles. The lowest BCUT2D eigenvalue weighted by molar-refractivity contribution is -0.124. The molecule has 0 aliphatic carbocycles. The van der Waals surface area contributed by atoms with Crippen LogP contribution in [0.15, 0.2) is 30.3 Å². The van der Waals surface area contributed by atoms with Crippen molar-refractivity contribution in [1.82, 2.24) is 10.2 Å². The number of carbonyl (C=O) groups excluding carboxylic acids is 1. The maximum atomic E-state index is 12.2. The van der Waals surface area contributed by atoms with Crippen molar-refractivity contribution in [3.8, 4) is 0 Å². The molecule has 1 aromatic rings. The average Bonchev–Trinajstić information content (AvgIpc) is 2.45. The first-order chi connectivity index (χ1) is 9.96. The number of hydrogen-bond acceptors (Lipinski definition) is 3. The Morgan fingerprint density at radius 1 is 1.29 bits per heavy atom. The highest BCUT2D eigenvalue weighted by Gasteiger charge is 2.19. The Labute approximate surface area is 128 Å². The minimum absolute atomic E-state index is 0.0785. The van der Waals surface area contributed by atoms with Crippen molar-refractivity contribution in [1.29, 1.82) is 0 Å². The largest absolute Gasteiger partial charge is 0.350 e. The van der Waals surface area contributed by atoms with Crippen LogP contribution >= 0.6 is 0 Å². The summed E-state index contributed by atoms with van der Waals surface area (Å²) in [6, 6.07) is 10.2. The van der Waals surface area contributed by atoms with Crippen LogP contribution in [0, 0.1) is 0 Å². The number of nitrogens with one attached hydrogen (secondary N) is 1. The molecule has 0 fully saturated rings. The van der Waals surface area contributed by atoms with Gasteiger partial charge in [0, 0.05) is 18.6 Å². The van der Waals surface area contributed by atoms with Crippen molar-refractivity contribution in [2.24, 2.45) is 5.73 Å². The minimum atomic E-state index is -0.149. The van der Waals surface area contributed by atoms with Crippen LogP contribution in [0.5, 0.6) is 0 Å². The van der Waals surface area contributed by atoms with E-state index in [1.54, 1.807) is 0 Å². The smallest absolute Gasteiger partial charge is 0.234 e. The minimum Gasteiger partial charge on any atom is -0.350 e. The highest BCUT2D eigenvalue weighted by molar-refractivity contribution is 5.78. The Kier molecular flexibility index (Phi) is 7.40. The Hall–Kier alpha value is -1.39. The summed E-state index contributed by atoms with van der Waals surface area (Å²) >= 11 is 0. The summed E-state index contributed by atoms with van der Waals surface area (Å²) in [5.74, 6) is 0.0785. The van der Waals surface area contributed by atoms with Crippen LogP contribution in [0.25, 0.3) is 0 Å². The molecule has 0 atom stereocenters. The predicted octanol–water partition coefficient (Wildman–Crippen LogP) is 2.14. The maximum Gasteiger partial charge on any atom is 0.234 e. The number of benzene rings is 1. The zero-order valence-corrected chi connectivity index (χ0v) is 13.6. The van der Waals surface area contributed by atoms with E-state index >= 15 is 0 Å². The van der Waals surface area contributed by atoms with Gasteiger partial charge in [-0.25, -0.2) is 0 Å². The number of rotatable bonds is 9. The van der Waals surface area contributed by atoms with Gasteiger partial charge in [0.1, 0.15) is 0 Å². The molecule has 0 aromatic heterocycles. The van der Waals surface area contributed by atoms with Crippen molar-refractivity contribution in [3.05, 3.63) is 35.9 Å². The van der Waals surface area contributed by atoms with Gasteiger partial charge in [-0.05, 0) is 38.8 Å². The van der Waals surface area contributed by atoms with E-state index in [0.717, 1.165) is 25.9 Å². The number of amides is 1. The fourth-order valence-electron chi connectivity index (χ4n) is 2.08. The lowest BCUT2D eigenvalue weighted by atomic mass is 10.0. The number of nitrogens with two attached hydrogens (primary N) is 1. The predicted molar refractivity (Wildman–Crippen MR) is 87.9 cm³/mol. The molecule has 1 rings (SSSR count). The van der Waals surface area contributed by atoms with Crippen LogP contribution in [0.4, 0.5) is 0 Å². The van der Waals surface area contributed by atoms with Crippen LogP contribution in [-0.4, -0.2) is 36.0 Å². The lowest BCUT2D eigenvalue weighted by Gasteiger charge is -2.27. The maximum absolute atomic E-state index is 12.2. The summed E-state index contributed by atoms with van der Waals surface area (Å²) in [6.45, 7) is 8.85. The van der Waals surface area contributed by atoms with E-state index in [9.17, 15) is 4.79 Å². The Morgan fingerprint density at radius 2 is 1.95 bits per heavy atom. The first-order valence-corrected chi connectivity index (χ1v) is 7.74. The van der Waals surface area contributed by atoms with Crippen LogP contribution in [0.2, 0.25) is 0 Å². The van der Waals surface area contributed by atoms with Gasteiger partial charge in [-0.15, -0.1) is 0 Å². The topological polar surface area (TPSA) is 58.4 Å². The third-order valence-electron chi connectivity index (χ3n) is 3.66.